The SMILES string of the molecule is COc1ccc(S(=O)(=O)N2CCOCC2)cc1CCC(=O)NCc1ccccn1. The summed E-state index contributed by atoms with van der Waals surface area (Å²) in [5.41, 5.74) is 1.45. The first kappa shape index (κ1) is 21.2. The number of rotatable bonds is 8. The lowest BCUT2D eigenvalue weighted by atomic mass is 10.1. The van der Waals surface area contributed by atoms with Gasteiger partial charge in [0, 0.05) is 25.7 Å². The number of amides is 1. The Morgan fingerprint density at radius 3 is 2.72 bits per heavy atom. The molecule has 156 valence electrons. The van der Waals surface area contributed by atoms with Gasteiger partial charge in [0.15, 0.2) is 0 Å². The van der Waals surface area contributed by atoms with Gasteiger partial charge in [0.1, 0.15) is 5.75 Å². The van der Waals surface area contributed by atoms with Gasteiger partial charge in [0.05, 0.1) is 37.5 Å². The molecule has 0 radical (unpaired) electrons. The zero-order chi connectivity index (χ0) is 20.7. The maximum Gasteiger partial charge on any atom is 0.243 e. The van der Waals surface area contributed by atoms with E-state index in [1.165, 1.54) is 17.5 Å². The number of morpholine rings is 1. The molecule has 8 nitrogen and oxygen atoms in total. The predicted octanol–water partition coefficient (Wildman–Crippen LogP) is 1.36. The standard InChI is InChI=1S/C20H25N3O5S/c1-27-19-7-6-18(29(25,26)23-10-12-28-13-11-23)14-16(19)5-8-20(24)22-15-17-4-2-3-9-21-17/h2-4,6-7,9,14H,5,8,10-13,15H2,1H3,(H,22,24). The van der Waals surface area contributed by atoms with E-state index in [-0.39, 0.29) is 17.2 Å². The van der Waals surface area contributed by atoms with Crippen LogP contribution in [0.2, 0.25) is 0 Å². The number of carbonyl (C=O) groups excluding carboxylic acids is 1. The number of nitrogens with one attached hydrogen (secondary N) is 1. The highest BCUT2D eigenvalue weighted by Crippen LogP contribution is 2.26. The maximum absolute atomic E-state index is 12.9. The van der Waals surface area contributed by atoms with Gasteiger partial charge in [-0.25, -0.2) is 8.42 Å². The van der Waals surface area contributed by atoms with Crippen LogP contribution < -0.4 is 10.1 Å². The Morgan fingerprint density at radius 2 is 2.03 bits per heavy atom. The molecule has 29 heavy (non-hydrogen) atoms. The van der Waals surface area contributed by atoms with Crippen molar-refractivity contribution in [1.82, 2.24) is 14.6 Å². The molecule has 1 aliphatic heterocycles. The smallest absolute Gasteiger partial charge is 0.243 e. The first-order valence-corrected chi connectivity index (χ1v) is 10.9. The van der Waals surface area contributed by atoms with Gasteiger partial charge in [-0.15, -0.1) is 0 Å². The number of hydrogen-bond donors (Lipinski definition) is 1. The van der Waals surface area contributed by atoms with Crippen LogP contribution in [0, 0.1) is 0 Å². The van der Waals surface area contributed by atoms with Crippen LogP contribution in [-0.4, -0.2) is 57.0 Å². The van der Waals surface area contributed by atoms with Crippen molar-refractivity contribution in [3.63, 3.8) is 0 Å². The fourth-order valence-corrected chi connectivity index (χ4v) is 4.53. The molecule has 3 rings (SSSR count). The number of carbonyl (C=O) groups is 1. The number of methoxy groups -OCH3 is 1. The molecule has 1 amide bonds. The number of hydrogen-bond acceptors (Lipinski definition) is 6. The maximum atomic E-state index is 12.9. The molecule has 1 aromatic carbocycles. The molecule has 0 aliphatic carbocycles. The largest absolute Gasteiger partial charge is 0.496 e. The summed E-state index contributed by atoms with van der Waals surface area (Å²) in [6, 6.07) is 10.3. The Hall–Kier alpha value is -2.49. The third kappa shape index (κ3) is 5.53. The van der Waals surface area contributed by atoms with E-state index < -0.39 is 10.0 Å². The van der Waals surface area contributed by atoms with Crippen LogP contribution in [-0.2, 0) is 32.5 Å². The average Bonchev–Trinajstić information content (AvgIpc) is 2.77. The molecule has 1 fully saturated rings. The zero-order valence-corrected chi connectivity index (χ0v) is 17.2. The fourth-order valence-electron chi connectivity index (χ4n) is 3.08. The molecule has 1 aromatic heterocycles. The Bertz CT molecular complexity index is 928. The van der Waals surface area contributed by atoms with E-state index in [0.29, 0.717) is 50.6 Å². The van der Waals surface area contributed by atoms with E-state index in [1.54, 1.807) is 18.3 Å². The van der Waals surface area contributed by atoms with Gasteiger partial charge in [-0.05, 0) is 42.3 Å². The number of aryl methyl sites for hydroxylation is 1. The summed E-state index contributed by atoms with van der Waals surface area (Å²) in [5, 5.41) is 2.82. The Balaban J connectivity index is 1.66. The molecule has 0 atom stereocenters. The van der Waals surface area contributed by atoms with Crippen molar-refractivity contribution in [1.29, 1.82) is 0 Å². The Morgan fingerprint density at radius 1 is 1.24 bits per heavy atom. The van der Waals surface area contributed by atoms with Crippen molar-refractivity contribution in [2.24, 2.45) is 0 Å². The Kier molecular flexibility index (Phi) is 7.18. The highest BCUT2D eigenvalue weighted by molar-refractivity contribution is 7.89. The summed E-state index contributed by atoms with van der Waals surface area (Å²) in [7, 11) is -2.08. The van der Waals surface area contributed by atoms with Crippen molar-refractivity contribution in [2.45, 2.75) is 24.3 Å². The second-order valence-electron chi connectivity index (χ2n) is 6.59. The monoisotopic (exact) mass is 419 g/mol. The van der Waals surface area contributed by atoms with Gasteiger partial charge in [0.2, 0.25) is 15.9 Å². The van der Waals surface area contributed by atoms with Gasteiger partial charge in [0.25, 0.3) is 0 Å². The van der Waals surface area contributed by atoms with Gasteiger partial charge in [-0.2, -0.15) is 4.31 Å². The number of benzene rings is 1. The molecule has 1 saturated heterocycles. The molecule has 2 heterocycles. The molecule has 0 unspecified atom stereocenters. The van der Waals surface area contributed by atoms with E-state index in [0.717, 1.165) is 5.69 Å². The number of pyridine rings is 1. The summed E-state index contributed by atoms with van der Waals surface area (Å²) >= 11 is 0. The van der Waals surface area contributed by atoms with Crippen LogP contribution in [0.1, 0.15) is 17.7 Å². The summed E-state index contributed by atoms with van der Waals surface area (Å²) in [6.45, 7) is 1.79. The summed E-state index contributed by atoms with van der Waals surface area (Å²) in [6.07, 6.45) is 2.25. The van der Waals surface area contributed by atoms with Gasteiger partial charge >= 0.3 is 0 Å². The summed E-state index contributed by atoms with van der Waals surface area (Å²) in [4.78, 5) is 16.6. The zero-order valence-electron chi connectivity index (χ0n) is 16.3. The van der Waals surface area contributed by atoms with Gasteiger partial charge < -0.3 is 14.8 Å². The molecule has 0 bridgehead atoms. The lowest BCUT2D eigenvalue weighted by Crippen LogP contribution is -2.40. The lowest BCUT2D eigenvalue weighted by Gasteiger charge is -2.26. The van der Waals surface area contributed by atoms with Crippen molar-refractivity contribution in [3.8, 4) is 5.75 Å². The minimum Gasteiger partial charge on any atom is -0.496 e. The summed E-state index contributed by atoms with van der Waals surface area (Å²) < 4.78 is 37.8. The molecule has 1 N–H and O–H groups in total. The first-order valence-electron chi connectivity index (χ1n) is 9.42. The van der Waals surface area contributed by atoms with Crippen LogP contribution in [0.3, 0.4) is 0 Å². The van der Waals surface area contributed by atoms with Gasteiger partial charge in [-0.3, -0.25) is 9.78 Å². The highest BCUT2D eigenvalue weighted by atomic mass is 32.2. The molecule has 2 aromatic rings. The van der Waals surface area contributed by atoms with Crippen molar-refractivity contribution in [3.05, 3.63) is 53.9 Å². The van der Waals surface area contributed by atoms with Crippen LogP contribution in [0.4, 0.5) is 0 Å². The number of aromatic nitrogens is 1. The van der Waals surface area contributed by atoms with E-state index in [9.17, 15) is 13.2 Å². The van der Waals surface area contributed by atoms with Gasteiger partial charge in [-0.1, -0.05) is 6.07 Å². The van der Waals surface area contributed by atoms with E-state index in [4.69, 9.17) is 9.47 Å². The normalized spacial score (nSPS) is 15.1. The summed E-state index contributed by atoms with van der Waals surface area (Å²) in [5.74, 6) is 0.419. The van der Waals surface area contributed by atoms with Crippen LogP contribution >= 0.6 is 0 Å². The van der Waals surface area contributed by atoms with E-state index in [1.807, 2.05) is 18.2 Å². The van der Waals surface area contributed by atoms with Crippen molar-refractivity contribution in [2.75, 3.05) is 33.4 Å². The predicted molar refractivity (Wildman–Crippen MR) is 107 cm³/mol. The molecular weight excluding hydrogens is 394 g/mol. The number of ether oxygens (including phenoxy) is 2. The van der Waals surface area contributed by atoms with Crippen molar-refractivity contribution >= 4 is 15.9 Å². The van der Waals surface area contributed by atoms with E-state index >= 15 is 0 Å². The molecule has 0 saturated carbocycles. The Labute approximate surface area is 170 Å². The number of sulfonamides is 1. The second kappa shape index (κ2) is 9.82. The second-order valence-corrected chi connectivity index (χ2v) is 8.53. The van der Waals surface area contributed by atoms with Crippen molar-refractivity contribution < 1.29 is 22.7 Å². The minimum absolute atomic E-state index is 0.140. The molecule has 1 aliphatic rings. The lowest BCUT2D eigenvalue weighted by molar-refractivity contribution is -0.121. The first-order chi connectivity index (χ1) is 14.0. The third-order valence-electron chi connectivity index (χ3n) is 4.67. The molecule has 0 spiro atoms. The fraction of sp³-hybridized carbons (Fsp3) is 0.400. The quantitative estimate of drug-likeness (QED) is 0.694. The van der Waals surface area contributed by atoms with Crippen LogP contribution in [0.15, 0.2) is 47.5 Å². The molecular formula is C20H25N3O5S. The number of nitrogens with zero attached hydrogens (tertiary/aromatic N) is 2. The topological polar surface area (TPSA) is 97.8 Å². The van der Waals surface area contributed by atoms with E-state index in [2.05, 4.69) is 10.3 Å². The van der Waals surface area contributed by atoms with Crippen LogP contribution in [0.5, 0.6) is 5.75 Å². The average molecular weight is 420 g/mol. The minimum atomic E-state index is -3.61. The van der Waals surface area contributed by atoms with Crippen LogP contribution in [0.25, 0.3) is 0 Å². The third-order valence-corrected chi connectivity index (χ3v) is 6.57. The molecule has 9 heteroatoms. The highest BCUT2D eigenvalue weighted by Gasteiger charge is 2.27.